The first-order valence-electron chi connectivity index (χ1n) is 5.20. The smallest absolute Gasteiger partial charge is 0.0142 e. The molecule has 1 saturated carbocycles. The molecule has 2 aliphatic carbocycles. The van der Waals surface area contributed by atoms with Gasteiger partial charge in [-0.05, 0) is 30.1 Å². The Bertz CT molecular complexity index is 260. The largest absolute Gasteiger partial charge is 0.327 e. The van der Waals surface area contributed by atoms with E-state index in [4.69, 9.17) is 5.73 Å². The Morgan fingerprint density at radius 2 is 2.23 bits per heavy atom. The van der Waals surface area contributed by atoms with Crippen molar-refractivity contribution in [2.24, 2.45) is 23.0 Å². The Hall–Kier alpha value is -0.560. The zero-order valence-corrected chi connectivity index (χ0v) is 8.59. The van der Waals surface area contributed by atoms with Crippen LogP contribution in [-0.4, -0.2) is 6.54 Å². The summed E-state index contributed by atoms with van der Waals surface area (Å²) < 4.78 is 0. The third-order valence-corrected chi connectivity index (χ3v) is 3.46. The zero-order chi connectivity index (χ0) is 9.47. The molecule has 1 fully saturated rings. The fourth-order valence-electron chi connectivity index (χ4n) is 2.88. The van der Waals surface area contributed by atoms with Crippen molar-refractivity contribution in [3.8, 4) is 0 Å². The van der Waals surface area contributed by atoms with E-state index in [0.29, 0.717) is 5.41 Å². The van der Waals surface area contributed by atoms with Gasteiger partial charge >= 0.3 is 0 Å². The van der Waals surface area contributed by atoms with Crippen molar-refractivity contribution in [3.05, 3.63) is 23.8 Å². The molecule has 2 rings (SSSR count). The van der Waals surface area contributed by atoms with Crippen molar-refractivity contribution in [2.75, 3.05) is 6.54 Å². The number of nitrogens with two attached hydrogens (primary N) is 1. The molecule has 0 aromatic carbocycles. The molecular formula is C12H19N. The number of hydrogen-bond acceptors (Lipinski definition) is 1. The highest BCUT2D eigenvalue weighted by Crippen LogP contribution is 2.49. The summed E-state index contributed by atoms with van der Waals surface area (Å²) in [7, 11) is 0. The van der Waals surface area contributed by atoms with Gasteiger partial charge in [-0.1, -0.05) is 37.6 Å². The lowest BCUT2D eigenvalue weighted by atomic mass is 9.84. The van der Waals surface area contributed by atoms with Crippen molar-refractivity contribution >= 4 is 0 Å². The van der Waals surface area contributed by atoms with E-state index in [1.807, 2.05) is 0 Å². The van der Waals surface area contributed by atoms with Gasteiger partial charge in [-0.3, -0.25) is 0 Å². The molecule has 2 N–H and O–H groups in total. The van der Waals surface area contributed by atoms with Crippen LogP contribution in [0.2, 0.25) is 0 Å². The zero-order valence-electron chi connectivity index (χ0n) is 8.59. The molecule has 2 atom stereocenters. The molecule has 0 aliphatic heterocycles. The van der Waals surface area contributed by atoms with Gasteiger partial charge in [0.1, 0.15) is 0 Å². The van der Waals surface area contributed by atoms with E-state index >= 15 is 0 Å². The Labute approximate surface area is 80.7 Å². The summed E-state index contributed by atoms with van der Waals surface area (Å²) in [5.41, 5.74) is 7.71. The molecule has 1 nitrogen and oxygen atoms in total. The van der Waals surface area contributed by atoms with Crippen LogP contribution in [0.15, 0.2) is 23.8 Å². The number of fused-ring (bicyclic) bond motifs is 1. The Morgan fingerprint density at radius 3 is 2.92 bits per heavy atom. The van der Waals surface area contributed by atoms with Crippen LogP contribution >= 0.6 is 0 Å². The molecule has 0 saturated heterocycles. The average molecular weight is 177 g/mol. The van der Waals surface area contributed by atoms with Crippen LogP contribution < -0.4 is 5.73 Å². The second-order valence-corrected chi connectivity index (χ2v) is 5.17. The monoisotopic (exact) mass is 177 g/mol. The highest BCUT2D eigenvalue weighted by Gasteiger charge is 2.39. The summed E-state index contributed by atoms with van der Waals surface area (Å²) in [6.45, 7) is 5.47. The van der Waals surface area contributed by atoms with E-state index in [1.165, 1.54) is 18.4 Å². The lowest BCUT2D eigenvalue weighted by molar-refractivity contribution is 0.367. The van der Waals surface area contributed by atoms with Gasteiger partial charge in [0.15, 0.2) is 0 Å². The first kappa shape index (κ1) is 9.01. The van der Waals surface area contributed by atoms with Crippen LogP contribution in [0.25, 0.3) is 0 Å². The standard InChI is InChI=1S/C12H19N/c1-12(2)6-9-4-3-5-10(8-13)11(9)7-12/h3-5,9,11H,6-8,13H2,1-2H3. The third kappa shape index (κ3) is 1.58. The van der Waals surface area contributed by atoms with Crippen LogP contribution in [-0.2, 0) is 0 Å². The second-order valence-electron chi connectivity index (χ2n) is 5.17. The average Bonchev–Trinajstić information content (AvgIpc) is 2.37. The maximum Gasteiger partial charge on any atom is 0.0142 e. The van der Waals surface area contributed by atoms with Gasteiger partial charge in [0.2, 0.25) is 0 Å². The molecule has 0 spiro atoms. The van der Waals surface area contributed by atoms with E-state index < -0.39 is 0 Å². The minimum atomic E-state index is 0.512. The van der Waals surface area contributed by atoms with Crippen LogP contribution in [0.1, 0.15) is 26.7 Å². The fourth-order valence-corrected chi connectivity index (χ4v) is 2.88. The van der Waals surface area contributed by atoms with Crippen molar-refractivity contribution < 1.29 is 0 Å². The topological polar surface area (TPSA) is 26.0 Å². The normalized spacial score (nSPS) is 35.8. The van der Waals surface area contributed by atoms with Crippen molar-refractivity contribution in [1.29, 1.82) is 0 Å². The van der Waals surface area contributed by atoms with Crippen LogP contribution in [0.4, 0.5) is 0 Å². The minimum absolute atomic E-state index is 0.512. The molecule has 0 aromatic heterocycles. The third-order valence-electron chi connectivity index (χ3n) is 3.46. The maximum absolute atomic E-state index is 5.75. The van der Waals surface area contributed by atoms with Gasteiger partial charge < -0.3 is 5.73 Å². The molecule has 0 heterocycles. The summed E-state index contributed by atoms with van der Waals surface area (Å²) in [4.78, 5) is 0. The van der Waals surface area contributed by atoms with Crippen LogP contribution in [0.5, 0.6) is 0 Å². The summed E-state index contributed by atoms with van der Waals surface area (Å²) in [6.07, 6.45) is 9.39. The van der Waals surface area contributed by atoms with Gasteiger partial charge in [-0.15, -0.1) is 0 Å². The SMILES string of the molecule is CC1(C)CC2C=CC=C(CN)C2C1. The fraction of sp³-hybridized carbons (Fsp3) is 0.667. The molecular weight excluding hydrogens is 158 g/mol. The predicted molar refractivity (Wildman–Crippen MR) is 56.3 cm³/mol. The molecule has 0 bridgehead atoms. The van der Waals surface area contributed by atoms with E-state index in [0.717, 1.165) is 18.4 Å². The molecule has 2 unspecified atom stereocenters. The maximum atomic E-state index is 5.75. The Kier molecular flexibility index (Phi) is 2.07. The first-order chi connectivity index (χ1) is 6.12. The van der Waals surface area contributed by atoms with Gasteiger partial charge in [0.05, 0.1) is 0 Å². The van der Waals surface area contributed by atoms with Gasteiger partial charge in [0, 0.05) is 6.54 Å². The highest BCUT2D eigenvalue weighted by molar-refractivity contribution is 5.26. The molecule has 0 amide bonds. The number of rotatable bonds is 1. The van der Waals surface area contributed by atoms with Crippen LogP contribution in [0.3, 0.4) is 0 Å². The summed E-state index contributed by atoms with van der Waals surface area (Å²) in [5.74, 6) is 1.50. The molecule has 1 heteroatoms. The molecule has 13 heavy (non-hydrogen) atoms. The summed E-state index contributed by atoms with van der Waals surface area (Å²) in [6, 6.07) is 0. The van der Waals surface area contributed by atoms with E-state index in [-0.39, 0.29) is 0 Å². The van der Waals surface area contributed by atoms with E-state index in [1.54, 1.807) is 0 Å². The second kappa shape index (κ2) is 2.98. The van der Waals surface area contributed by atoms with E-state index in [2.05, 4.69) is 32.1 Å². The highest BCUT2D eigenvalue weighted by atomic mass is 14.6. The number of hydrogen-bond donors (Lipinski definition) is 1. The van der Waals surface area contributed by atoms with Crippen molar-refractivity contribution in [3.63, 3.8) is 0 Å². The summed E-state index contributed by atoms with van der Waals surface area (Å²) in [5, 5.41) is 0. The molecule has 0 aromatic rings. The predicted octanol–water partition coefficient (Wildman–Crippen LogP) is 2.49. The molecule has 72 valence electrons. The minimum Gasteiger partial charge on any atom is -0.327 e. The Morgan fingerprint density at radius 1 is 1.46 bits per heavy atom. The van der Waals surface area contributed by atoms with Gasteiger partial charge in [-0.2, -0.15) is 0 Å². The van der Waals surface area contributed by atoms with Crippen molar-refractivity contribution in [1.82, 2.24) is 0 Å². The van der Waals surface area contributed by atoms with Crippen molar-refractivity contribution in [2.45, 2.75) is 26.7 Å². The molecule has 2 aliphatic rings. The number of allylic oxidation sites excluding steroid dienone is 3. The molecule has 0 radical (unpaired) electrons. The van der Waals surface area contributed by atoms with E-state index in [9.17, 15) is 0 Å². The lowest BCUT2D eigenvalue weighted by Gasteiger charge is -2.22. The van der Waals surface area contributed by atoms with Gasteiger partial charge in [-0.25, -0.2) is 0 Å². The Balaban J connectivity index is 2.21. The first-order valence-corrected chi connectivity index (χ1v) is 5.20. The van der Waals surface area contributed by atoms with Crippen LogP contribution in [0, 0.1) is 17.3 Å². The lowest BCUT2D eigenvalue weighted by Crippen LogP contribution is -2.18. The quantitative estimate of drug-likeness (QED) is 0.654. The van der Waals surface area contributed by atoms with Gasteiger partial charge in [0.25, 0.3) is 0 Å². The summed E-state index contributed by atoms with van der Waals surface area (Å²) >= 11 is 0.